The van der Waals surface area contributed by atoms with E-state index in [1.165, 1.54) is 5.56 Å². The lowest BCUT2D eigenvalue weighted by Gasteiger charge is -2.26. The maximum Gasteiger partial charge on any atom is 0.259 e. The van der Waals surface area contributed by atoms with Crippen LogP contribution in [-0.4, -0.2) is 56.4 Å². The van der Waals surface area contributed by atoms with Gasteiger partial charge in [-0.15, -0.1) is 0 Å². The van der Waals surface area contributed by atoms with Crippen molar-refractivity contribution in [3.8, 4) is 5.75 Å². The van der Waals surface area contributed by atoms with Crippen molar-refractivity contribution in [1.82, 2.24) is 4.90 Å². The lowest BCUT2D eigenvalue weighted by Crippen LogP contribution is -2.35. The van der Waals surface area contributed by atoms with Crippen LogP contribution in [0.4, 0.5) is 5.69 Å². The third kappa shape index (κ3) is 5.56. The molecule has 4 rings (SSSR count). The van der Waals surface area contributed by atoms with Gasteiger partial charge < -0.3 is 19.5 Å². The minimum absolute atomic E-state index is 0.116. The van der Waals surface area contributed by atoms with Gasteiger partial charge in [0.2, 0.25) is 0 Å². The van der Waals surface area contributed by atoms with Crippen LogP contribution in [0.1, 0.15) is 28.8 Å². The molecule has 1 amide bonds. The summed E-state index contributed by atoms with van der Waals surface area (Å²) in [6.45, 7) is 5.67. The van der Waals surface area contributed by atoms with Gasteiger partial charge in [0.15, 0.2) is 0 Å². The van der Waals surface area contributed by atoms with Gasteiger partial charge in [-0.1, -0.05) is 24.3 Å². The summed E-state index contributed by atoms with van der Waals surface area (Å²) in [7, 11) is 0. The van der Waals surface area contributed by atoms with Gasteiger partial charge >= 0.3 is 0 Å². The van der Waals surface area contributed by atoms with Gasteiger partial charge in [0.25, 0.3) is 5.91 Å². The highest BCUT2D eigenvalue weighted by atomic mass is 16.5. The number of amides is 1. The second-order valence-corrected chi connectivity index (χ2v) is 7.48. The standard InChI is InChI=1S/C23H28N2O4/c26-23(21-5-1-2-6-22(21)29-17-20-4-3-13-28-20)24-19-9-7-18(8-10-19)16-25-11-14-27-15-12-25/h1-2,5-10,20H,3-4,11-17H2,(H,24,26). The molecule has 2 aromatic carbocycles. The Kier molecular flexibility index (Phi) is 6.77. The highest BCUT2D eigenvalue weighted by Crippen LogP contribution is 2.22. The van der Waals surface area contributed by atoms with Gasteiger partial charge in [0.05, 0.1) is 24.9 Å². The lowest BCUT2D eigenvalue weighted by atomic mass is 10.1. The zero-order valence-electron chi connectivity index (χ0n) is 16.6. The molecule has 0 aromatic heterocycles. The number of carbonyl (C=O) groups is 1. The van der Waals surface area contributed by atoms with E-state index in [-0.39, 0.29) is 12.0 Å². The quantitative estimate of drug-likeness (QED) is 0.778. The number of carbonyl (C=O) groups excluding carboxylic acids is 1. The van der Waals surface area contributed by atoms with E-state index in [4.69, 9.17) is 14.2 Å². The molecule has 1 unspecified atom stereocenters. The van der Waals surface area contributed by atoms with Gasteiger partial charge in [-0.25, -0.2) is 0 Å². The second kappa shape index (κ2) is 9.87. The predicted molar refractivity (Wildman–Crippen MR) is 111 cm³/mol. The Bertz CT molecular complexity index is 797. The molecule has 1 N–H and O–H groups in total. The molecule has 0 aliphatic carbocycles. The summed E-state index contributed by atoms with van der Waals surface area (Å²) in [6, 6.07) is 15.4. The number of para-hydroxylation sites is 1. The Morgan fingerprint density at radius 2 is 1.86 bits per heavy atom. The molecule has 2 aliphatic heterocycles. The van der Waals surface area contributed by atoms with Crippen LogP contribution in [0.25, 0.3) is 0 Å². The molecule has 6 nitrogen and oxygen atoms in total. The maximum atomic E-state index is 12.8. The topological polar surface area (TPSA) is 60.0 Å². The van der Waals surface area contributed by atoms with Crippen LogP contribution >= 0.6 is 0 Å². The van der Waals surface area contributed by atoms with E-state index in [2.05, 4.69) is 22.3 Å². The Balaban J connectivity index is 1.35. The number of hydrogen-bond donors (Lipinski definition) is 1. The Hall–Kier alpha value is -2.41. The number of nitrogens with one attached hydrogen (secondary N) is 1. The van der Waals surface area contributed by atoms with Gasteiger partial charge in [-0.3, -0.25) is 9.69 Å². The SMILES string of the molecule is O=C(Nc1ccc(CN2CCOCC2)cc1)c1ccccc1OCC1CCCO1. The van der Waals surface area contributed by atoms with Gasteiger partial charge in [0.1, 0.15) is 12.4 Å². The average Bonchev–Trinajstić information content (AvgIpc) is 3.28. The molecule has 2 aliphatic rings. The molecular formula is C23H28N2O4. The zero-order valence-corrected chi connectivity index (χ0v) is 16.6. The van der Waals surface area contributed by atoms with Crippen molar-refractivity contribution in [2.45, 2.75) is 25.5 Å². The number of hydrogen-bond acceptors (Lipinski definition) is 5. The largest absolute Gasteiger partial charge is 0.490 e. The Labute approximate surface area is 171 Å². The molecule has 0 saturated carbocycles. The van der Waals surface area contributed by atoms with E-state index in [0.29, 0.717) is 17.9 Å². The van der Waals surface area contributed by atoms with Crippen molar-refractivity contribution in [3.63, 3.8) is 0 Å². The summed E-state index contributed by atoms with van der Waals surface area (Å²) in [6.07, 6.45) is 2.19. The summed E-state index contributed by atoms with van der Waals surface area (Å²) in [5.74, 6) is 0.415. The smallest absolute Gasteiger partial charge is 0.259 e. The van der Waals surface area contributed by atoms with Crippen molar-refractivity contribution in [2.75, 3.05) is 44.8 Å². The van der Waals surface area contributed by atoms with Crippen LogP contribution in [0, 0.1) is 0 Å². The summed E-state index contributed by atoms with van der Waals surface area (Å²) in [5.41, 5.74) is 2.53. The minimum atomic E-state index is -0.172. The molecule has 154 valence electrons. The fourth-order valence-electron chi connectivity index (χ4n) is 3.65. The molecule has 0 bridgehead atoms. The van der Waals surface area contributed by atoms with Crippen molar-refractivity contribution in [3.05, 3.63) is 59.7 Å². The molecule has 2 saturated heterocycles. The van der Waals surface area contributed by atoms with Crippen LogP contribution in [0.5, 0.6) is 5.75 Å². The van der Waals surface area contributed by atoms with Crippen LogP contribution in [0.3, 0.4) is 0 Å². The van der Waals surface area contributed by atoms with Gasteiger partial charge in [0, 0.05) is 31.9 Å². The van der Waals surface area contributed by atoms with E-state index in [1.807, 2.05) is 30.3 Å². The maximum absolute atomic E-state index is 12.8. The fourth-order valence-corrected chi connectivity index (χ4v) is 3.65. The Morgan fingerprint density at radius 1 is 1.07 bits per heavy atom. The minimum Gasteiger partial charge on any atom is -0.490 e. The molecule has 2 fully saturated rings. The molecule has 2 aromatic rings. The number of nitrogens with zero attached hydrogens (tertiary/aromatic N) is 1. The molecule has 1 atom stereocenters. The summed E-state index contributed by atoms with van der Waals surface area (Å²) < 4.78 is 16.9. The summed E-state index contributed by atoms with van der Waals surface area (Å²) in [4.78, 5) is 15.2. The number of ether oxygens (including phenoxy) is 3. The number of anilines is 1. The second-order valence-electron chi connectivity index (χ2n) is 7.48. The lowest BCUT2D eigenvalue weighted by molar-refractivity contribution is 0.0342. The van der Waals surface area contributed by atoms with E-state index in [0.717, 1.165) is 58.0 Å². The third-order valence-corrected chi connectivity index (χ3v) is 5.30. The monoisotopic (exact) mass is 396 g/mol. The van der Waals surface area contributed by atoms with E-state index in [9.17, 15) is 4.79 Å². The molecular weight excluding hydrogens is 368 g/mol. The highest BCUT2D eigenvalue weighted by Gasteiger charge is 2.18. The average molecular weight is 396 g/mol. The van der Waals surface area contributed by atoms with E-state index in [1.54, 1.807) is 6.07 Å². The van der Waals surface area contributed by atoms with E-state index >= 15 is 0 Å². The predicted octanol–water partition coefficient (Wildman–Crippen LogP) is 3.33. The van der Waals surface area contributed by atoms with Crippen LogP contribution in [0.2, 0.25) is 0 Å². The van der Waals surface area contributed by atoms with Crippen molar-refractivity contribution >= 4 is 11.6 Å². The summed E-state index contributed by atoms with van der Waals surface area (Å²) >= 11 is 0. The van der Waals surface area contributed by atoms with Crippen molar-refractivity contribution < 1.29 is 19.0 Å². The van der Waals surface area contributed by atoms with E-state index < -0.39 is 0 Å². The Morgan fingerprint density at radius 3 is 2.62 bits per heavy atom. The number of benzene rings is 2. The molecule has 6 heteroatoms. The molecule has 29 heavy (non-hydrogen) atoms. The molecule has 0 spiro atoms. The number of rotatable bonds is 7. The van der Waals surface area contributed by atoms with Gasteiger partial charge in [-0.2, -0.15) is 0 Å². The van der Waals surface area contributed by atoms with Crippen LogP contribution in [-0.2, 0) is 16.0 Å². The number of morpholine rings is 1. The van der Waals surface area contributed by atoms with Crippen molar-refractivity contribution in [2.24, 2.45) is 0 Å². The first-order valence-electron chi connectivity index (χ1n) is 10.3. The zero-order chi connectivity index (χ0) is 19.9. The summed E-state index contributed by atoms with van der Waals surface area (Å²) in [5, 5.41) is 2.97. The first-order chi connectivity index (χ1) is 14.3. The third-order valence-electron chi connectivity index (χ3n) is 5.30. The molecule has 0 radical (unpaired) electrons. The van der Waals surface area contributed by atoms with Crippen molar-refractivity contribution in [1.29, 1.82) is 0 Å². The normalized spacial score (nSPS) is 19.8. The first-order valence-corrected chi connectivity index (χ1v) is 10.3. The van der Waals surface area contributed by atoms with Crippen LogP contribution in [0.15, 0.2) is 48.5 Å². The highest BCUT2D eigenvalue weighted by molar-refractivity contribution is 6.06. The molecule has 2 heterocycles. The fraction of sp³-hybridized carbons (Fsp3) is 0.435. The van der Waals surface area contributed by atoms with Crippen LogP contribution < -0.4 is 10.1 Å². The first kappa shape index (κ1) is 19.9. The van der Waals surface area contributed by atoms with Gasteiger partial charge in [-0.05, 0) is 42.7 Å².